The standard InChI is InChI=1S/C14H21NO3/c1-5-12(14(16)18-6-2)15-13-9-11(17-4)8-7-10(13)3/h7-9,12,15H,5-6H2,1-4H3. The molecular weight excluding hydrogens is 230 g/mol. The Morgan fingerprint density at radius 3 is 2.67 bits per heavy atom. The van der Waals surface area contributed by atoms with Gasteiger partial charge in [0.05, 0.1) is 13.7 Å². The van der Waals surface area contributed by atoms with Crippen LogP contribution in [0.5, 0.6) is 5.75 Å². The van der Waals surface area contributed by atoms with Crippen molar-refractivity contribution in [3.05, 3.63) is 23.8 Å². The maximum atomic E-state index is 11.7. The summed E-state index contributed by atoms with van der Waals surface area (Å²) in [5, 5.41) is 3.20. The van der Waals surface area contributed by atoms with Crippen LogP contribution in [0.3, 0.4) is 0 Å². The first-order valence-electron chi connectivity index (χ1n) is 6.20. The first-order chi connectivity index (χ1) is 8.62. The highest BCUT2D eigenvalue weighted by molar-refractivity contribution is 5.79. The lowest BCUT2D eigenvalue weighted by Gasteiger charge is -2.18. The number of esters is 1. The molecule has 0 aliphatic carbocycles. The van der Waals surface area contributed by atoms with Crippen LogP contribution >= 0.6 is 0 Å². The van der Waals surface area contributed by atoms with Gasteiger partial charge in [-0.2, -0.15) is 0 Å². The molecular formula is C14H21NO3. The Kier molecular flexibility index (Phi) is 5.49. The van der Waals surface area contributed by atoms with Crippen molar-refractivity contribution in [1.82, 2.24) is 0 Å². The minimum atomic E-state index is -0.323. The highest BCUT2D eigenvalue weighted by atomic mass is 16.5. The SMILES string of the molecule is CCOC(=O)C(CC)Nc1cc(OC)ccc1C. The molecule has 0 radical (unpaired) electrons. The van der Waals surface area contributed by atoms with Crippen molar-refractivity contribution in [3.63, 3.8) is 0 Å². The molecule has 0 aliphatic heterocycles. The molecule has 4 nitrogen and oxygen atoms in total. The Labute approximate surface area is 108 Å². The minimum absolute atomic E-state index is 0.220. The fraction of sp³-hybridized carbons (Fsp3) is 0.500. The topological polar surface area (TPSA) is 47.6 Å². The molecule has 1 aromatic carbocycles. The van der Waals surface area contributed by atoms with Crippen LogP contribution in [0.15, 0.2) is 18.2 Å². The lowest BCUT2D eigenvalue weighted by atomic mass is 10.1. The van der Waals surface area contributed by atoms with Crippen LogP contribution in [0.2, 0.25) is 0 Å². The summed E-state index contributed by atoms with van der Waals surface area (Å²) in [7, 11) is 1.62. The number of rotatable bonds is 6. The number of anilines is 1. The molecule has 100 valence electrons. The minimum Gasteiger partial charge on any atom is -0.497 e. The predicted molar refractivity (Wildman–Crippen MR) is 72.1 cm³/mol. The third kappa shape index (κ3) is 3.65. The third-order valence-corrected chi connectivity index (χ3v) is 2.75. The van der Waals surface area contributed by atoms with E-state index in [1.807, 2.05) is 32.0 Å². The smallest absolute Gasteiger partial charge is 0.328 e. The van der Waals surface area contributed by atoms with E-state index in [9.17, 15) is 4.79 Å². The quantitative estimate of drug-likeness (QED) is 0.790. The van der Waals surface area contributed by atoms with Gasteiger partial charge in [-0.25, -0.2) is 4.79 Å². The Morgan fingerprint density at radius 2 is 2.11 bits per heavy atom. The number of hydrogen-bond donors (Lipinski definition) is 1. The Hall–Kier alpha value is -1.71. The molecule has 1 N–H and O–H groups in total. The van der Waals surface area contributed by atoms with Crippen molar-refractivity contribution in [2.24, 2.45) is 0 Å². The number of aryl methyl sites for hydroxylation is 1. The number of benzene rings is 1. The van der Waals surface area contributed by atoms with Gasteiger partial charge in [0.25, 0.3) is 0 Å². The van der Waals surface area contributed by atoms with Crippen LogP contribution in [0.4, 0.5) is 5.69 Å². The van der Waals surface area contributed by atoms with Gasteiger partial charge in [-0.15, -0.1) is 0 Å². The maximum Gasteiger partial charge on any atom is 0.328 e. The molecule has 4 heteroatoms. The van der Waals surface area contributed by atoms with E-state index in [2.05, 4.69) is 5.32 Å². The normalized spacial score (nSPS) is 11.8. The number of ether oxygens (including phenoxy) is 2. The van der Waals surface area contributed by atoms with E-state index in [0.717, 1.165) is 17.0 Å². The fourth-order valence-corrected chi connectivity index (χ4v) is 1.64. The van der Waals surface area contributed by atoms with Crippen LogP contribution in [-0.4, -0.2) is 25.7 Å². The summed E-state index contributed by atoms with van der Waals surface area (Å²) in [5.41, 5.74) is 1.97. The zero-order valence-corrected chi connectivity index (χ0v) is 11.4. The van der Waals surface area contributed by atoms with Gasteiger partial charge >= 0.3 is 5.97 Å². The molecule has 1 rings (SSSR count). The summed E-state index contributed by atoms with van der Waals surface area (Å²) in [4.78, 5) is 11.7. The zero-order valence-electron chi connectivity index (χ0n) is 11.4. The van der Waals surface area contributed by atoms with Crippen molar-refractivity contribution in [2.75, 3.05) is 19.0 Å². The first kappa shape index (κ1) is 14.4. The summed E-state index contributed by atoms with van der Waals surface area (Å²) in [5.74, 6) is 0.545. The van der Waals surface area contributed by atoms with Crippen LogP contribution in [-0.2, 0) is 9.53 Å². The lowest BCUT2D eigenvalue weighted by Crippen LogP contribution is -2.31. The third-order valence-electron chi connectivity index (χ3n) is 2.75. The van der Waals surface area contributed by atoms with E-state index in [1.165, 1.54) is 0 Å². The summed E-state index contributed by atoms with van der Waals surface area (Å²) in [6, 6.07) is 5.41. The molecule has 0 heterocycles. The highest BCUT2D eigenvalue weighted by Gasteiger charge is 2.18. The summed E-state index contributed by atoms with van der Waals surface area (Å²) < 4.78 is 10.2. The van der Waals surface area contributed by atoms with Gasteiger partial charge in [0.1, 0.15) is 11.8 Å². The molecule has 18 heavy (non-hydrogen) atoms. The van der Waals surface area contributed by atoms with Crippen LogP contribution < -0.4 is 10.1 Å². The Bertz CT molecular complexity index is 404. The lowest BCUT2D eigenvalue weighted by molar-refractivity contribution is -0.144. The summed E-state index contributed by atoms with van der Waals surface area (Å²) in [6.45, 7) is 6.14. The van der Waals surface area contributed by atoms with Crippen molar-refractivity contribution in [2.45, 2.75) is 33.2 Å². The van der Waals surface area contributed by atoms with E-state index < -0.39 is 0 Å². The molecule has 0 aromatic heterocycles. The Balaban J connectivity index is 2.83. The molecule has 0 aliphatic rings. The van der Waals surface area contributed by atoms with Crippen LogP contribution in [0.25, 0.3) is 0 Å². The number of carbonyl (C=O) groups excluding carboxylic acids is 1. The van der Waals surface area contributed by atoms with Crippen molar-refractivity contribution < 1.29 is 14.3 Å². The molecule has 0 saturated heterocycles. The maximum absolute atomic E-state index is 11.7. The van der Waals surface area contributed by atoms with E-state index in [4.69, 9.17) is 9.47 Å². The number of carbonyl (C=O) groups is 1. The number of hydrogen-bond acceptors (Lipinski definition) is 4. The second-order valence-electron chi connectivity index (χ2n) is 4.04. The van der Waals surface area contributed by atoms with Gasteiger partial charge in [0.2, 0.25) is 0 Å². The van der Waals surface area contributed by atoms with Crippen LogP contribution in [0.1, 0.15) is 25.8 Å². The largest absolute Gasteiger partial charge is 0.497 e. The first-order valence-corrected chi connectivity index (χ1v) is 6.20. The monoisotopic (exact) mass is 251 g/mol. The van der Waals surface area contributed by atoms with Gasteiger partial charge in [-0.1, -0.05) is 13.0 Å². The molecule has 1 unspecified atom stereocenters. The zero-order chi connectivity index (χ0) is 13.5. The van der Waals surface area contributed by atoms with Gasteiger partial charge in [-0.3, -0.25) is 0 Å². The predicted octanol–water partition coefficient (Wildman–Crippen LogP) is 2.76. The van der Waals surface area contributed by atoms with Crippen LogP contribution in [0, 0.1) is 6.92 Å². The van der Waals surface area contributed by atoms with Crippen molar-refractivity contribution in [1.29, 1.82) is 0 Å². The second-order valence-corrected chi connectivity index (χ2v) is 4.04. The second kappa shape index (κ2) is 6.89. The summed E-state index contributed by atoms with van der Waals surface area (Å²) >= 11 is 0. The van der Waals surface area contributed by atoms with E-state index in [-0.39, 0.29) is 12.0 Å². The van der Waals surface area contributed by atoms with Gasteiger partial charge in [-0.05, 0) is 31.9 Å². The Morgan fingerprint density at radius 1 is 1.39 bits per heavy atom. The molecule has 0 fully saturated rings. The van der Waals surface area contributed by atoms with Crippen molar-refractivity contribution in [3.8, 4) is 5.75 Å². The fourth-order valence-electron chi connectivity index (χ4n) is 1.64. The molecule has 0 bridgehead atoms. The highest BCUT2D eigenvalue weighted by Crippen LogP contribution is 2.23. The van der Waals surface area contributed by atoms with Gasteiger partial charge in [0.15, 0.2) is 0 Å². The number of nitrogens with one attached hydrogen (secondary N) is 1. The van der Waals surface area contributed by atoms with Gasteiger partial charge in [0, 0.05) is 11.8 Å². The molecule has 0 saturated carbocycles. The van der Waals surface area contributed by atoms with Crippen molar-refractivity contribution >= 4 is 11.7 Å². The average Bonchev–Trinajstić information content (AvgIpc) is 2.38. The van der Waals surface area contributed by atoms with E-state index >= 15 is 0 Å². The summed E-state index contributed by atoms with van der Waals surface area (Å²) in [6.07, 6.45) is 0.676. The van der Waals surface area contributed by atoms with Gasteiger partial charge < -0.3 is 14.8 Å². The molecule has 0 spiro atoms. The molecule has 0 amide bonds. The number of methoxy groups -OCH3 is 1. The average molecular weight is 251 g/mol. The van der Waals surface area contributed by atoms with E-state index in [1.54, 1.807) is 14.0 Å². The molecule has 1 aromatic rings. The molecule has 1 atom stereocenters. The van der Waals surface area contributed by atoms with E-state index in [0.29, 0.717) is 13.0 Å².